The molecule has 0 aliphatic carbocycles. The predicted molar refractivity (Wildman–Crippen MR) is 111 cm³/mol. The van der Waals surface area contributed by atoms with Crippen molar-refractivity contribution in [2.24, 2.45) is 5.92 Å². The molecule has 2 fully saturated rings. The Kier molecular flexibility index (Phi) is 6.20. The Bertz CT molecular complexity index is 841. The molecule has 4 rings (SSSR count). The molecule has 2 aliphatic rings. The fourth-order valence-corrected chi connectivity index (χ4v) is 4.36. The molecule has 2 saturated heterocycles. The molecule has 0 spiro atoms. The first-order valence-electron chi connectivity index (χ1n) is 10.3. The van der Waals surface area contributed by atoms with E-state index in [1.807, 2.05) is 79.6 Å². The second-order valence-electron chi connectivity index (χ2n) is 8.38. The summed E-state index contributed by atoms with van der Waals surface area (Å²) in [5, 5.41) is 1.83. The van der Waals surface area contributed by atoms with Gasteiger partial charge in [-0.2, -0.15) is 5.06 Å². The highest BCUT2D eigenvalue weighted by atomic mass is 16.7. The molecule has 0 saturated carbocycles. The highest BCUT2D eigenvalue weighted by Gasteiger charge is 2.58. The van der Waals surface area contributed by atoms with Gasteiger partial charge in [-0.25, -0.2) is 4.79 Å². The molecule has 0 aromatic heterocycles. The van der Waals surface area contributed by atoms with Crippen molar-refractivity contribution in [1.82, 2.24) is 5.06 Å². The van der Waals surface area contributed by atoms with Crippen LogP contribution in [0.15, 0.2) is 60.7 Å². The number of hydrogen-bond donors (Lipinski definition) is 0. The van der Waals surface area contributed by atoms with Gasteiger partial charge in [0, 0.05) is 12.5 Å². The number of hydroxylamine groups is 2. The van der Waals surface area contributed by atoms with Gasteiger partial charge in [-0.1, -0.05) is 60.7 Å². The summed E-state index contributed by atoms with van der Waals surface area (Å²) in [5.41, 5.74) is 1.59. The first kappa shape index (κ1) is 21.0. The van der Waals surface area contributed by atoms with Crippen LogP contribution in [0.4, 0.5) is 0 Å². The van der Waals surface area contributed by atoms with Crippen LogP contribution in [0.5, 0.6) is 0 Å². The lowest BCUT2D eigenvalue weighted by atomic mass is 9.77. The Morgan fingerprint density at radius 1 is 1.07 bits per heavy atom. The van der Waals surface area contributed by atoms with E-state index in [9.17, 15) is 4.79 Å². The average molecular weight is 411 g/mol. The predicted octanol–water partition coefficient (Wildman–Crippen LogP) is 3.35. The smallest absolute Gasteiger partial charge is 0.336 e. The van der Waals surface area contributed by atoms with Crippen LogP contribution in [0.3, 0.4) is 0 Å². The second-order valence-corrected chi connectivity index (χ2v) is 8.38. The minimum atomic E-state index is -0.800. The van der Waals surface area contributed by atoms with Gasteiger partial charge in [0.05, 0.1) is 38.1 Å². The standard InChI is InChI=1S/C24H29NO5/c1-24(2)19-16-29-25(14-17-10-6-4-7-11-17)20(22(30-24)23(26)27-3)21(19)28-15-18-12-8-5-9-13-18/h4-13,19-22H,14-16H2,1-3H3/t19-,20-,21+,22-/m0/s1. The Labute approximate surface area is 177 Å². The molecule has 4 atom stereocenters. The van der Waals surface area contributed by atoms with Crippen LogP contribution in [-0.4, -0.2) is 48.6 Å². The molecule has 0 unspecified atom stereocenters. The molecule has 2 heterocycles. The fraction of sp³-hybridized carbons (Fsp3) is 0.458. The van der Waals surface area contributed by atoms with Gasteiger partial charge in [-0.3, -0.25) is 4.84 Å². The molecule has 160 valence electrons. The van der Waals surface area contributed by atoms with Gasteiger partial charge in [-0.05, 0) is 25.0 Å². The second kappa shape index (κ2) is 8.86. The van der Waals surface area contributed by atoms with Crippen LogP contribution in [0.1, 0.15) is 25.0 Å². The first-order chi connectivity index (χ1) is 14.5. The molecule has 2 aromatic carbocycles. The molecule has 6 heteroatoms. The Hall–Kier alpha value is -2.25. The van der Waals surface area contributed by atoms with E-state index >= 15 is 0 Å². The van der Waals surface area contributed by atoms with Crippen molar-refractivity contribution < 1.29 is 23.8 Å². The van der Waals surface area contributed by atoms with Crippen molar-refractivity contribution in [2.45, 2.75) is 50.8 Å². The lowest BCUT2D eigenvalue weighted by Gasteiger charge is -2.55. The third kappa shape index (κ3) is 4.27. The molecular formula is C24H29NO5. The van der Waals surface area contributed by atoms with Crippen LogP contribution in [0.2, 0.25) is 0 Å². The zero-order valence-electron chi connectivity index (χ0n) is 17.7. The van der Waals surface area contributed by atoms with E-state index in [-0.39, 0.29) is 12.0 Å². The van der Waals surface area contributed by atoms with Gasteiger partial charge in [-0.15, -0.1) is 0 Å². The summed E-state index contributed by atoms with van der Waals surface area (Å²) in [6.45, 7) is 5.42. The van der Waals surface area contributed by atoms with Crippen LogP contribution in [-0.2, 0) is 37.0 Å². The van der Waals surface area contributed by atoms with Crippen LogP contribution in [0.25, 0.3) is 0 Å². The summed E-state index contributed by atoms with van der Waals surface area (Å²) < 4.78 is 17.8. The maximum atomic E-state index is 12.7. The summed E-state index contributed by atoms with van der Waals surface area (Å²) in [6.07, 6.45) is -1.04. The number of fused-ring (bicyclic) bond motifs is 2. The monoisotopic (exact) mass is 411 g/mol. The average Bonchev–Trinajstić information content (AvgIpc) is 2.76. The molecular weight excluding hydrogens is 382 g/mol. The first-order valence-corrected chi connectivity index (χ1v) is 10.3. The van der Waals surface area contributed by atoms with E-state index in [1.165, 1.54) is 7.11 Å². The summed E-state index contributed by atoms with van der Waals surface area (Å²) in [7, 11) is 1.38. The largest absolute Gasteiger partial charge is 0.467 e. The molecule has 0 radical (unpaired) electrons. The van der Waals surface area contributed by atoms with E-state index in [1.54, 1.807) is 0 Å². The molecule has 2 aliphatic heterocycles. The van der Waals surface area contributed by atoms with Gasteiger partial charge in [0.25, 0.3) is 0 Å². The summed E-state index contributed by atoms with van der Waals surface area (Å²) >= 11 is 0. The highest BCUT2D eigenvalue weighted by molar-refractivity contribution is 5.76. The van der Waals surface area contributed by atoms with E-state index in [2.05, 4.69) is 0 Å². The Morgan fingerprint density at radius 3 is 2.33 bits per heavy atom. The number of rotatable bonds is 6. The molecule has 2 bridgehead atoms. The quantitative estimate of drug-likeness (QED) is 0.680. The maximum Gasteiger partial charge on any atom is 0.336 e. The van der Waals surface area contributed by atoms with Crippen LogP contribution < -0.4 is 0 Å². The lowest BCUT2D eigenvalue weighted by molar-refractivity contribution is -0.350. The van der Waals surface area contributed by atoms with E-state index < -0.39 is 23.7 Å². The van der Waals surface area contributed by atoms with Gasteiger partial charge < -0.3 is 14.2 Å². The lowest BCUT2D eigenvalue weighted by Crippen LogP contribution is -2.70. The minimum Gasteiger partial charge on any atom is -0.467 e. The van der Waals surface area contributed by atoms with Crippen LogP contribution in [0, 0.1) is 5.92 Å². The molecule has 0 N–H and O–H groups in total. The number of methoxy groups -OCH3 is 1. The van der Waals surface area contributed by atoms with Gasteiger partial charge in [0.1, 0.15) is 0 Å². The van der Waals surface area contributed by atoms with E-state index in [0.717, 1.165) is 11.1 Å². The van der Waals surface area contributed by atoms with Crippen molar-refractivity contribution in [2.75, 3.05) is 13.7 Å². The SMILES string of the molecule is COC(=O)[C@H]1OC(C)(C)[C@H]2CON(Cc3ccccc3)[C@H]1[C@@H]2OCc1ccccc1. The Balaban J connectivity index is 1.63. The summed E-state index contributed by atoms with van der Waals surface area (Å²) in [4.78, 5) is 18.8. The summed E-state index contributed by atoms with van der Waals surface area (Å²) in [5.74, 6) is -0.428. The zero-order valence-corrected chi connectivity index (χ0v) is 17.7. The number of carbonyl (C=O) groups is 1. The number of esters is 1. The Morgan fingerprint density at radius 2 is 1.70 bits per heavy atom. The van der Waals surface area contributed by atoms with E-state index in [0.29, 0.717) is 19.8 Å². The molecule has 30 heavy (non-hydrogen) atoms. The van der Waals surface area contributed by atoms with Gasteiger partial charge >= 0.3 is 5.97 Å². The third-order valence-corrected chi connectivity index (χ3v) is 6.02. The zero-order chi connectivity index (χ0) is 21.1. The normalized spacial score (nSPS) is 28.1. The van der Waals surface area contributed by atoms with Crippen LogP contribution >= 0.6 is 0 Å². The maximum absolute atomic E-state index is 12.7. The van der Waals surface area contributed by atoms with Crippen molar-refractivity contribution in [1.29, 1.82) is 0 Å². The third-order valence-electron chi connectivity index (χ3n) is 6.02. The van der Waals surface area contributed by atoms with Crippen molar-refractivity contribution in [3.8, 4) is 0 Å². The van der Waals surface area contributed by atoms with Crippen molar-refractivity contribution in [3.63, 3.8) is 0 Å². The highest BCUT2D eigenvalue weighted by Crippen LogP contribution is 2.42. The molecule has 6 nitrogen and oxygen atoms in total. The van der Waals surface area contributed by atoms with E-state index in [4.69, 9.17) is 19.0 Å². The van der Waals surface area contributed by atoms with Gasteiger partial charge in [0.2, 0.25) is 0 Å². The number of hydrogen-bond acceptors (Lipinski definition) is 6. The number of carbonyl (C=O) groups excluding carboxylic acids is 1. The van der Waals surface area contributed by atoms with Gasteiger partial charge in [0.15, 0.2) is 6.10 Å². The number of benzene rings is 2. The number of nitrogens with zero attached hydrogens (tertiary/aromatic N) is 1. The molecule has 0 amide bonds. The topological polar surface area (TPSA) is 57.2 Å². The van der Waals surface area contributed by atoms with Crippen molar-refractivity contribution in [3.05, 3.63) is 71.8 Å². The fourth-order valence-electron chi connectivity index (χ4n) is 4.36. The molecule has 2 aromatic rings. The summed E-state index contributed by atoms with van der Waals surface area (Å²) in [6, 6.07) is 19.7. The minimum absolute atomic E-state index is 0.0147. The number of ether oxygens (including phenoxy) is 3. The van der Waals surface area contributed by atoms with Crippen molar-refractivity contribution >= 4 is 5.97 Å².